The fraction of sp³-hybridized carbons (Fsp3) is 0.194. The molecule has 4 aromatic rings. The van der Waals surface area contributed by atoms with Gasteiger partial charge in [-0.3, -0.25) is 9.78 Å². The predicted molar refractivity (Wildman–Crippen MR) is 153 cm³/mol. The third-order valence-corrected chi connectivity index (χ3v) is 6.58. The van der Waals surface area contributed by atoms with E-state index in [0.717, 1.165) is 24.2 Å². The quantitative estimate of drug-likeness (QED) is 0.280. The van der Waals surface area contributed by atoms with Gasteiger partial charge in [0.15, 0.2) is 0 Å². The summed E-state index contributed by atoms with van der Waals surface area (Å²) in [6.07, 6.45) is 4.32. The highest BCUT2D eigenvalue weighted by atomic mass is 16.5. The summed E-state index contributed by atoms with van der Waals surface area (Å²) >= 11 is 0. The number of fused-ring (bicyclic) bond motifs is 1. The van der Waals surface area contributed by atoms with Crippen molar-refractivity contribution in [1.29, 1.82) is 0 Å². The van der Waals surface area contributed by atoms with Gasteiger partial charge >= 0.3 is 6.03 Å². The van der Waals surface area contributed by atoms with Crippen LogP contribution in [0.25, 0.3) is 0 Å². The molecule has 1 aliphatic rings. The van der Waals surface area contributed by atoms with Crippen LogP contribution >= 0.6 is 0 Å². The molecular weight excluding hydrogens is 490 g/mol. The first-order valence-electron chi connectivity index (χ1n) is 13.0. The summed E-state index contributed by atoms with van der Waals surface area (Å²) in [7, 11) is 0. The smallest absolute Gasteiger partial charge is 0.323 e. The number of rotatable bonds is 8. The zero-order chi connectivity index (χ0) is 27.0. The standard InChI is InChI=1S/C31H31N5O3/c1-2-39-29-12-6-5-11-27(29)35-31(38)34-25-13-14-28(36-17-15-23-9-3-4-10-24(23)21-36)26(18-25)30(37)33-20-22-8-7-16-32-19-22/h3-14,16,18-19H,2,15,17,20-21H2,1H3,(H,33,37)(H2,34,35,38). The molecule has 0 atom stereocenters. The molecule has 3 amide bonds. The first-order chi connectivity index (χ1) is 19.1. The second-order valence-electron chi connectivity index (χ2n) is 9.22. The monoisotopic (exact) mass is 521 g/mol. The molecule has 5 rings (SSSR count). The molecule has 0 radical (unpaired) electrons. The minimum Gasteiger partial charge on any atom is -0.492 e. The van der Waals surface area contributed by atoms with Crippen LogP contribution in [0.3, 0.4) is 0 Å². The Morgan fingerprint density at radius 2 is 1.77 bits per heavy atom. The number of aromatic nitrogens is 1. The molecule has 0 bridgehead atoms. The minimum atomic E-state index is -0.427. The van der Waals surface area contributed by atoms with Gasteiger partial charge < -0.3 is 25.6 Å². The zero-order valence-corrected chi connectivity index (χ0v) is 21.8. The third kappa shape index (κ3) is 6.35. The van der Waals surface area contributed by atoms with E-state index in [1.54, 1.807) is 30.6 Å². The number of ether oxygens (including phenoxy) is 1. The van der Waals surface area contributed by atoms with Gasteiger partial charge in [0.05, 0.1) is 17.9 Å². The third-order valence-electron chi connectivity index (χ3n) is 6.58. The molecule has 0 spiro atoms. The number of hydrogen-bond donors (Lipinski definition) is 3. The summed E-state index contributed by atoms with van der Waals surface area (Å²) in [5.41, 5.74) is 5.87. The van der Waals surface area contributed by atoms with E-state index in [9.17, 15) is 9.59 Å². The average molecular weight is 522 g/mol. The number of benzene rings is 3. The number of amides is 3. The molecule has 2 heterocycles. The molecule has 1 aliphatic heterocycles. The van der Waals surface area contributed by atoms with Crippen LogP contribution in [0.2, 0.25) is 0 Å². The van der Waals surface area contributed by atoms with Gasteiger partial charge in [0.1, 0.15) is 5.75 Å². The fourth-order valence-electron chi connectivity index (χ4n) is 4.69. The molecule has 0 saturated carbocycles. The topological polar surface area (TPSA) is 95.6 Å². The van der Waals surface area contributed by atoms with Crippen molar-refractivity contribution >= 4 is 29.0 Å². The minimum absolute atomic E-state index is 0.224. The van der Waals surface area contributed by atoms with Gasteiger partial charge in [-0.25, -0.2) is 4.79 Å². The average Bonchev–Trinajstić information content (AvgIpc) is 2.97. The molecule has 39 heavy (non-hydrogen) atoms. The van der Waals surface area contributed by atoms with Crippen molar-refractivity contribution in [3.63, 3.8) is 0 Å². The van der Waals surface area contributed by atoms with Crippen molar-refractivity contribution in [2.45, 2.75) is 26.4 Å². The summed E-state index contributed by atoms with van der Waals surface area (Å²) in [6, 6.07) is 24.4. The second kappa shape index (κ2) is 12.1. The molecule has 0 aliphatic carbocycles. The SMILES string of the molecule is CCOc1ccccc1NC(=O)Nc1ccc(N2CCc3ccccc3C2)c(C(=O)NCc2cccnc2)c1. The van der Waals surface area contributed by atoms with Gasteiger partial charge in [-0.05, 0) is 66.4 Å². The largest absolute Gasteiger partial charge is 0.492 e. The summed E-state index contributed by atoms with van der Waals surface area (Å²) in [4.78, 5) is 32.7. The van der Waals surface area contributed by atoms with E-state index < -0.39 is 6.03 Å². The highest BCUT2D eigenvalue weighted by molar-refractivity contribution is 6.04. The maximum Gasteiger partial charge on any atom is 0.323 e. The Hall–Kier alpha value is -4.85. The van der Waals surface area contributed by atoms with E-state index in [1.165, 1.54) is 11.1 Å². The lowest BCUT2D eigenvalue weighted by Gasteiger charge is -2.32. The van der Waals surface area contributed by atoms with Crippen molar-refractivity contribution in [2.24, 2.45) is 0 Å². The molecule has 3 aromatic carbocycles. The van der Waals surface area contributed by atoms with Crippen molar-refractivity contribution in [1.82, 2.24) is 10.3 Å². The molecule has 8 heteroatoms. The van der Waals surface area contributed by atoms with Crippen molar-refractivity contribution in [3.8, 4) is 5.75 Å². The van der Waals surface area contributed by atoms with Crippen LogP contribution in [0.5, 0.6) is 5.75 Å². The summed E-state index contributed by atoms with van der Waals surface area (Å²) in [6.45, 7) is 4.23. The van der Waals surface area contributed by atoms with Crippen LogP contribution in [-0.2, 0) is 19.5 Å². The number of nitrogens with zero attached hydrogens (tertiary/aromatic N) is 2. The lowest BCUT2D eigenvalue weighted by atomic mass is 9.98. The van der Waals surface area contributed by atoms with Crippen molar-refractivity contribution in [2.75, 3.05) is 28.7 Å². The maximum atomic E-state index is 13.5. The van der Waals surface area contributed by atoms with Crippen LogP contribution in [0, 0.1) is 0 Å². The van der Waals surface area contributed by atoms with E-state index >= 15 is 0 Å². The van der Waals surface area contributed by atoms with Crippen LogP contribution in [-0.4, -0.2) is 30.1 Å². The number of carbonyl (C=O) groups excluding carboxylic acids is 2. The van der Waals surface area contributed by atoms with Crippen LogP contribution < -0.4 is 25.6 Å². The van der Waals surface area contributed by atoms with Crippen molar-refractivity contribution in [3.05, 3.63) is 114 Å². The normalized spacial score (nSPS) is 12.3. The van der Waals surface area contributed by atoms with Gasteiger partial charge in [-0.15, -0.1) is 0 Å². The van der Waals surface area contributed by atoms with Gasteiger partial charge in [0.2, 0.25) is 0 Å². The van der Waals surface area contributed by atoms with Gasteiger partial charge in [0.25, 0.3) is 5.91 Å². The molecule has 1 aromatic heterocycles. The molecular formula is C31H31N5O3. The summed E-state index contributed by atoms with van der Waals surface area (Å²) in [5, 5.41) is 8.70. The predicted octanol–water partition coefficient (Wildman–Crippen LogP) is 5.62. The van der Waals surface area contributed by atoms with E-state index in [-0.39, 0.29) is 5.91 Å². The van der Waals surface area contributed by atoms with E-state index in [2.05, 4.69) is 44.0 Å². The molecule has 8 nitrogen and oxygen atoms in total. The number of nitrogens with one attached hydrogen (secondary N) is 3. The lowest BCUT2D eigenvalue weighted by Crippen LogP contribution is -2.33. The Morgan fingerprint density at radius 1 is 0.949 bits per heavy atom. The Bertz CT molecular complexity index is 1460. The van der Waals surface area contributed by atoms with Crippen LogP contribution in [0.15, 0.2) is 91.3 Å². The summed E-state index contributed by atoms with van der Waals surface area (Å²) in [5.74, 6) is 0.366. The molecule has 3 N–H and O–H groups in total. The molecule has 0 fully saturated rings. The molecule has 0 unspecified atom stereocenters. The van der Waals surface area contributed by atoms with Crippen molar-refractivity contribution < 1.29 is 14.3 Å². The number of urea groups is 1. The van der Waals surface area contributed by atoms with Gasteiger partial charge in [0, 0.05) is 43.4 Å². The highest BCUT2D eigenvalue weighted by Gasteiger charge is 2.22. The Balaban J connectivity index is 1.38. The van der Waals surface area contributed by atoms with E-state index in [1.807, 2.05) is 49.4 Å². The zero-order valence-electron chi connectivity index (χ0n) is 21.8. The highest BCUT2D eigenvalue weighted by Crippen LogP contribution is 2.30. The first-order valence-corrected chi connectivity index (χ1v) is 13.0. The Morgan fingerprint density at radius 3 is 2.59 bits per heavy atom. The summed E-state index contributed by atoms with van der Waals surface area (Å²) < 4.78 is 5.60. The second-order valence-corrected chi connectivity index (χ2v) is 9.22. The number of carbonyl (C=O) groups is 2. The number of hydrogen-bond acceptors (Lipinski definition) is 5. The Labute approximate surface area is 228 Å². The fourth-order valence-corrected chi connectivity index (χ4v) is 4.69. The molecule has 198 valence electrons. The van der Waals surface area contributed by atoms with Gasteiger partial charge in [-0.1, -0.05) is 42.5 Å². The van der Waals surface area contributed by atoms with E-state index in [4.69, 9.17) is 4.74 Å². The van der Waals surface area contributed by atoms with Crippen LogP contribution in [0.1, 0.15) is 34.0 Å². The van der Waals surface area contributed by atoms with E-state index in [0.29, 0.717) is 42.4 Å². The maximum absolute atomic E-state index is 13.5. The number of anilines is 3. The number of pyridine rings is 1. The molecule has 0 saturated heterocycles. The Kier molecular flexibility index (Phi) is 8.02. The number of para-hydroxylation sites is 2. The lowest BCUT2D eigenvalue weighted by molar-refractivity contribution is 0.0951. The first kappa shape index (κ1) is 25.8. The van der Waals surface area contributed by atoms with Gasteiger partial charge in [-0.2, -0.15) is 0 Å². The van der Waals surface area contributed by atoms with Crippen LogP contribution in [0.4, 0.5) is 21.9 Å².